The highest BCUT2D eigenvalue weighted by atomic mass is 16.5. The van der Waals surface area contributed by atoms with Gasteiger partial charge in [-0.3, -0.25) is 4.68 Å². The van der Waals surface area contributed by atoms with E-state index in [-0.39, 0.29) is 5.82 Å². The summed E-state index contributed by atoms with van der Waals surface area (Å²) in [7, 11) is 2.16. The number of fused-ring (bicyclic) bond motifs is 1. The third-order valence-electron chi connectivity index (χ3n) is 6.98. The van der Waals surface area contributed by atoms with Crippen molar-refractivity contribution in [2.24, 2.45) is 0 Å². The minimum Gasteiger partial charge on any atom is -0.433 e. The van der Waals surface area contributed by atoms with Gasteiger partial charge in [0.1, 0.15) is 0 Å². The first kappa shape index (κ1) is 21.9. The summed E-state index contributed by atoms with van der Waals surface area (Å²) in [6.07, 6.45) is 8.68. The summed E-state index contributed by atoms with van der Waals surface area (Å²) in [5.74, 6) is 1.23. The first-order chi connectivity index (χ1) is 16.0. The van der Waals surface area contributed by atoms with Gasteiger partial charge in [-0.15, -0.1) is 0 Å². The molecule has 2 aliphatic heterocycles. The Morgan fingerprint density at radius 1 is 1.15 bits per heavy atom. The number of hydrogen-bond donors (Lipinski definition) is 1. The SMILES string of the molecule is CCN1CCC(n2cc(Oc3nc(-c4cc(C)c5c(c4)CN(C)CC5)cnc3N)cn2)CC1. The molecule has 3 aromatic rings. The number of ether oxygens (including phenoxy) is 1. The van der Waals surface area contributed by atoms with Crippen molar-refractivity contribution < 1.29 is 4.74 Å². The molecule has 8 nitrogen and oxygen atoms in total. The number of benzene rings is 1. The first-order valence-corrected chi connectivity index (χ1v) is 11.9. The standard InChI is InChI=1S/C25H33N7O/c1-4-31-9-5-20(6-10-31)32-16-21(13-28-32)33-25-24(26)27-14-23(29-25)18-11-17(2)22-7-8-30(3)15-19(22)12-18/h11-14,16,20H,4-10,15H2,1-3H3,(H2,26,27). The Kier molecular flexibility index (Phi) is 6.03. The molecule has 174 valence electrons. The van der Waals surface area contributed by atoms with Gasteiger partial charge in [-0.1, -0.05) is 6.92 Å². The smallest absolute Gasteiger partial charge is 0.263 e. The Hall–Kier alpha value is -2.97. The van der Waals surface area contributed by atoms with E-state index in [0.29, 0.717) is 17.7 Å². The number of likely N-dealkylation sites (tertiary alicyclic amines) is 1. The van der Waals surface area contributed by atoms with Crippen molar-refractivity contribution in [3.63, 3.8) is 0 Å². The third-order valence-corrected chi connectivity index (χ3v) is 6.98. The fourth-order valence-corrected chi connectivity index (χ4v) is 4.99. The number of rotatable bonds is 5. The fourth-order valence-electron chi connectivity index (χ4n) is 4.99. The zero-order chi connectivity index (χ0) is 22.9. The van der Waals surface area contributed by atoms with Gasteiger partial charge in [-0.25, -0.2) is 9.97 Å². The summed E-state index contributed by atoms with van der Waals surface area (Å²) in [6.45, 7) is 9.75. The molecular weight excluding hydrogens is 414 g/mol. The fraction of sp³-hybridized carbons (Fsp3) is 0.480. The maximum absolute atomic E-state index is 6.12. The van der Waals surface area contributed by atoms with Gasteiger partial charge in [-0.05, 0) is 68.6 Å². The lowest BCUT2D eigenvalue weighted by Crippen LogP contribution is -2.34. The first-order valence-electron chi connectivity index (χ1n) is 11.9. The van der Waals surface area contributed by atoms with E-state index in [0.717, 1.165) is 63.2 Å². The van der Waals surface area contributed by atoms with Crippen LogP contribution < -0.4 is 10.5 Å². The second-order valence-corrected chi connectivity index (χ2v) is 9.29. The zero-order valence-electron chi connectivity index (χ0n) is 19.8. The predicted molar refractivity (Wildman–Crippen MR) is 129 cm³/mol. The summed E-state index contributed by atoms with van der Waals surface area (Å²) in [5.41, 5.74) is 12.0. The van der Waals surface area contributed by atoms with Crippen molar-refractivity contribution in [2.75, 3.05) is 39.0 Å². The molecule has 4 heterocycles. The number of anilines is 1. The van der Waals surface area contributed by atoms with E-state index in [2.05, 4.69) is 52.9 Å². The largest absolute Gasteiger partial charge is 0.433 e. The molecule has 0 saturated carbocycles. The second kappa shape index (κ2) is 9.11. The molecule has 5 rings (SSSR count). The van der Waals surface area contributed by atoms with Crippen molar-refractivity contribution in [3.05, 3.63) is 47.4 Å². The van der Waals surface area contributed by atoms with Crippen LogP contribution in [-0.2, 0) is 13.0 Å². The molecule has 0 spiro atoms. The average Bonchev–Trinajstić information content (AvgIpc) is 3.28. The summed E-state index contributed by atoms with van der Waals surface area (Å²) in [6, 6.07) is 4.81. The highest BCUT2D eigenvalue weighted by molar-refractivity contribution is 5.64. The molecule has 2 aromatic heterocycles. The van der Waals surface area contributed by atoms with Gasteiger partial charge in [0.25, 0.3) is 5.88 Å². The summed E-state index contributed by atoms with van der Waals surface area (Å²) in [4.78, 5) is 13.9. The van der Waals surface area contributed by atoms with Gasteiger partial charge < -0.3 is 20.3 Å². The summed E-state index contributed by atoms with van der Waals surface area (Å²) < 4.78 is 8.06. The number of aryl methyl sites for hydroxylation is 1. The molecule has 1 aromatic carbocycles. The van der Waals surface area contributed by atoms with Gasteiger partial charge in [0.15, 0.2) is 11.6 Å². The van der Waals surface area contributed by atoms with E-state index in [9.17, 15) is 0 Å². The topological polar surface area (TPSA) is 85.3 Å². The highest BCUT2D eigenvalue weighted by Gasteiger charge is 2.21. The van der Waals surface area contributed by atoms with Crippen LogP contribution in [0.2, 0.25) is 0 Å². The van der Waals surface area contributed by atoms with Gasteiger partial charge in [0, 0.05) is 31.7 Å². The number of hydrogen-bond acceptors (Lipinski definition) is 7. The van der Waals surface area contributed by atoms with Crippen molar-refractivity contribution >= 4 is 5.82 Å². The molecule has 33 heavy (non-hydrogen) atoms. The van der Waals surface area contributed by atoms with E-state index < -0.39 is 0 Å². The Balaban J connectivity index is 1.36. The van der Waals surface area contributed by atoms with Crippen LogP contribution in [0, 0.1) is 6.92 Å². The molecule has 0 amide bonds. The minimum atomic E-state index is 0.275. The lowest BCUT2D eigenvalue weighted by Gasteiger charge is -2.30. The molecule has 0 radical (unpaired) electrons. The van der Waals surface area contributed by atoms with Crippen LogP contribution in [-0.4, -0.2) is 62.8 Å². The van der Waals surface area contributed by atoms with Gasteiger partial charge in [-0.2, -0.15) is 5.10 Å². The molecular formula is C25H33N7O. The Bertz CT molecular complexity index is 1130. The van der Waals surface area contributed by atoms with Crippen LogP contribution in [0.5, 0.6) is 11.6 Å². The lowest BCUT2D eigenvalue weighted by atomic mass is 9.92. The number of piperidine rings is 1. The third kappa shape index (κ3) is 4.58. The Labute approximate surface area is 195 Å². The molecule has 0 bridgehead atoms. The van der Waals surface area contributed by atoms with Crippen LogP contribution in [0.4, 0.5) is 5.82 Å². The van der Waals surface area contributed by atoms with E-state index >= 15 is 0 Å². The van der Waals surface area contributed by atoms with Gasteiger partial charge in [0.05, 0.1) is 30.3 Å². The molecule has 0 unspecified atom stereocenters. The van der Waals surface area contributed by atoms with E-state index in [1.807, 2.05) is 10.9 Å². The van der Waals surface area contributed by atoms with E-state index in [1.54, 1.807) is 12.4 Å². The van der Waals surface area contributed by atoms with Crippen LogP contribution in [0.1, 0.15) is 42.5 Å². The lowest BCUT2D eigenvalue weighted by molar-refractivity contribution is 0.187. The number of aromatic nitrogens is 4. The van der Waals surface area contributed by atoms with E-state index in [1.165, 1.54) is 16.7 Å². The minimum absolute atomic E-state index is 0.275. The highest BCUT2D eigenvalue weighted by Crippen LogP contribution is 2.32. The number of nitrogen functional groups attached to an aromatic ring is 1. The van der Waals surface area contributed by atoms with Crippen LogP contribution >= 0.6 is 0 Å². The predicted octanol–water partition coefficient (Wildman–Crippen LogP) is 3.67. The summed E-state index contributed by atoms with van der Waals surface area (Å²) >= 11 is 0. The quantitative estimate of drug-likeness (QED) is 0.639. The maximum Gasteiger partial charge on any atom is 0.263 e. The second-order valence-electron chi connectivity index (χ2n) is 9.29. The van der Waals surface area contributed by atoms with Crippen LogP contribution in [0.3, 0.4) is 0 Å². The average molecular weight is 448 g/mol. The van der Waals surface area contributed by atoms with Gasteiger partial charge >= 0.3 is 0 Å². The maximum atomic E-state index is 6.12. The van der Waals surface area contributed by atoms with Crippen LogP contribution in [0.25, 0.3) is 11.3 Å². The monoisotopic (exact) mass is 447 g/mol. The molecule has 0 atom stereocenters. The Morgan fingerprint density at radius 2 is 1.97 bits per heavy atom. The van der Waals surface area contributed by atoms with Crippen LogP contribution in [0.15, 0.2) is 30.7 Å². The Morgan fingerprint density at radius 3 is 2.76 bits per heavy atom. The molecule has 0 aliphatic carbocycles. The van der Waals surface area contributed by atoms with E-state index in [4.69, 9.17) is 15.5 Å². The van der Waals surface area contributed by atoms with Crippen molar-refractivity contribution in [1.29, 1.82) is 0 Å². The number of nitrogens with zero attached hydrogens (tertiary/aromatic N) is 6. The number of nitrogens with two attached hydrogens (primary N) is 1. The van der Waals surface area contributed by atoms with Crippen molar-refractivity contribution in [3.8, 4) is 22.9 Å². The molecule has 8 heteroatoms. The molecule has 2 N–H and O–H groups in total. The zero-order valence-corrected chi connectivity index (χ0v) is 19.8. The molecule has 2 aliphatic rings. The van der Waals surface area contributed by atoms with Gasteiger partial charge in [0.2, 0.25) is 0 Å². The molecule has 1 fully saturated rings. The van der Waals surface area contributed by atoms with Crippen molar-refractivity contribution in [1.82, 2.24) is 29.5 Å². The summed E-state index contributed by atoms with van der Waals surface area (Å²) in [5, 5.41) is 4.54. The van der Waals surface area contributed by atoms with Crippen molar-refractivity contribution in [2.45, 2.75) is 45.7 Å². The molecule has 1 saturated heterocycles. The normalized spacial score (nSPS) is 17.8. The number of likely N-dealkylation sites (N-methyl/N-ethyl adjacent to an activating group) is 1.